The van der Waals surface area contributed by atoms with Gasteiger partial charge in [0.25, 0.3) is 0 Å². The highest BCUT2D eigenvalue weighted by atomic mass is 16.2. The second-order valence-electron chi connectivity index (χ2n) is 5.55. The van der Waals surface area contributed by atoms with Gasteiger partial charge in [-0.1, -0.05) is 12.1 Å². The molecule has 3 heterocycles. The summed E-state index contributed by atoms with van der Waals surface area (Å²) in [5.74, 6) is -0.0469. The molecule has 5 heteroatoms. The summed E-state index contributed by atoms with van der Waals surface area (Å²) in [7, 11) is 0. The van der Waals surface area contributed by atoms with Gasteiger partial charge < -0.3 is 10.2 Å². The topological polar surface area (TPSA) is 58.1 Å². The Labute approximate surface area is 130 Å². The van der Waals surface area contributed by atoms with Gasteiger partial charge in [-0.15, -0.1) is 0 Å². The van der Waals surface area contributed by atoms with Crippen LogP contribution in [0.5, 0.6) is 0 Å². The van der Waals surface area contributed by atoms with Crippen molar-refractivity contribution in [3.63, 3.8) is 0 Å². The molecule has 3 rings (SSSR count). The van der Waals surface area contributed by atoms with Gasteiger partial charge in [0.2, 0.25) is 5.91 Å². The molecule has 0 aromatic carbocycles. The molecule has 2 unspecified atom stereocenters. The molecule has 114 valence electrons. The SMILES string of the molecule is CC(C(=O)N1CCNCC1c1cccnc1)c1cccnc1. The van der Waals surface area contributed by atoms with Crippen molar-refractivity contribution < 1.29 is 4.79 Å². The molecule has 0 spiro atoms. The summed E-state index contributed by atoms with van der Waals surface area (Å²) in [6, 6.07) is 7.80. The lowest BCUT2D eigenvalue weighted by Crippen LogP contribution is -2.49. The van der Waals surface area contributed by atoms with E-state index in [0.717, 1.165) is 24.2 Å². The second-order valence-corrected chi connectivity index (χ2v) is 5.55. The van der Waals surface area contributed by atoms with Gasteiger partial charge in [0.05, 0.1) is 12.0 Å². The number of pyridine rings is 2. The van der Waals surface area contributed by atoms with Crippen LogP contribution in [0, 0.1) is 0 Å². The average Bonchev–Trinajstić information content (AvgIpc) is 2.62. The Bertz CT molecular complexity index is 617. The predicted octanol–water partition coefficient (Wildman–Crippen LogP) is 1.75. The molecule has 1 aliphatic heterocycles. The van der Waals surface area contributed by atoms with E-state index in [9.17, 15) is 4.79 Å². The summed E-state index contributed by atoms with van der Waals surface area (Å²) in [6.45, 7) is 4.24. The molecule has 0 saturated carbocycles. The Morgan fingerprint density at radius 3 is 2.73 bits per heavy atom. The van der Waals surface area contributed by atoms with Crippen LogP contribution in [-0.2, 0) is 4.79 Å². The molecule has 0 radical (unpaired) electrons. The fraction of sp³-hybridized carbons (Fsp3) is 0.353. The summed E-state index contributed by atoms with van der Waals surface area (Å²) in [4.78, 5) is 23.2. The summed E-state index contributed by atoms with van der Waals surface area (Å²) in [6.07, 6.45) is 7.09. The first-order valence-electron chi connectivity index (χ1n) is 7.58. The largest absolute Gasteiger partial charge is 0.333 e. The molecule has 2 aromatic heterocycles. The van der Waals surface area contributed by atoms with Crippen LogP contribution in [0.1, 0.15) is 30.0 Å². The second kappa shape index (κ2) is 6.66. The molecule has 2 aromatic rings. The molecule has 1 aliphatic rings. The first-order valence-corrected chi connectivity index (χ1v) is 7.58. The Morgan fingerprint density at radius 1 is 1.27 bits per heavy atom. The quantitative estimate of drug-likeness (QED) is 0.937. The Balaban J connectivity index is 1.83. The fourth-order valence-electron chi connectivity index (χ4n) is 2.86. The number of carbonyl (C=O) groups excluding carboxylic acids is 1. The van der Waals surface area contributed by atoms with Crippen molar-refractivity contribution in [3.05, 3.63) is 60.2 Å². The maximum Gasteiger partial charge on any atom is 0.230 e. The van der Waals surface area contributed by atoms with Gasteiger partial charge in [-0.2, -0.15) is 0 Å². The normalized spacial score (nSPS) is 19.7. The minimum absolute atomic E-state index is 0.0362. The monoisotopic (exact) mass is 296 g/mol. The minimum Gasteiger partial charge on any atom is -0.333 e. The fourth-order valence-corrected chi connectivity index (χ4v) is 2.86. The van der Waals surface area contributed by atoms with E-state index in [1.807, 2.05) is 42.3 Å². The third-order valence-electron chi connectivity index (χ3n) is 4.15. The van der Waals surface area contributed by atoms with Crippen LogP contribution in [0.25, 0.3) is 0 Å². The smallest absolute Gasteiger partial charge is 0.230 e. The molecule has 0 bridgehead atoms. The predicted molar refractivity (Wildman–Crippen MR) is 84.2 cm³/mol. The van der Waals surface area contributed by atoms with Crippen molar-refractivity contribution >= 4 is 5.91 Å². The lowest BCUT2D eigenvalue weighted by Gasteiger charge is -2.38. The Hall–Kier alpha value is -2.27. The Morgan fingerprint density at radius 2 is 2.05 bits per heavy atom. The first kappa shape index (κ1) is 14.7. The molecular weight excluding hydrogens is 276 g/mol. The van der Waals surface area contributed by atoms with Crippen molar-refractivity contribution in [2.45, 2.75) is 18.9 Å². The Kier molecular flexibility index (Phi) is 4.44. The zero-order chi connectivity index (χ0) is 15.4. The third-order valence-corrected chi connectivity index (χ3v) is 4.15. The van der Waals surface area contributed by atoms with Crippen LogP contribution in [0.15, 0.2) is 49.1 Å². The van der Waals surface area contributed by atoms with E-state index >= 15 is 0 Å². The van der Waals surface area contributed by atoms with E-state index in [2.05, 4.69) is 15.3 Å². The maximum atomic E-state index is 12.9. The number of hydrogen-bond donors (Lipinski definition) is 1. The third kappa shape index (κ3) is 2.99. The van der Waals surface area contributed by atoms with Crippen LogP contribution in [0.4, 0.5) is 0 Å². The van der Waals surface area contributed by atoms with E-state index < -0.39 is 0 Å². The van der Waals surface area contributed by atoms with E-state index in [1.54, 1.807) is 18.6 Å². The molecular formula is C17H20N4O. The summed E-state index contributed by atoms with van der Waals surface area (Å²) in [5, 5.41) is 3.36. The molecule has 1 N–H and O–H groups in total. The molecule has 1 fully saturated rings. The number of carbonyl (C=O) groups is 1. The van der Waals surface area contributed by atoms with Crippen molar-refractivity contribution in [1.82, 2.24) is 20.2 Å². The minimum atomic E-state index is -0.189. The average molecular weight is 296 g/mol. The molecule has 1 saturated heterocycles. The van der Waals surface area contributed by atoms with Gasteiger partial charge in [0, 0.05) is 44.4 Å². The van der Waals surface area contributed by atoms with Gasteiger partial charge in [0.1, 0.15) is 0 Å². The first-order chi connectivity index (χ1) is 10.8. The highest BCUT2D eigenvalue weighted by Crippen LogP contribution is 2.26. The number of aromatic nitrogens is 2. The zero-order valence-corrected chi connectivity index (χ0v) is 12.6. The lowest BCUT2D eigenvalue weighted by molar-refractivity contribution is -0.135. The number of nitrogens with one attached hydrogen (secondary N) is 1. The van der Waals surface area contributed by atoms with E-state index in [1.165, 1.54) is 0 Å². The van der Waals surface area contributed by atoms with Crippen LogP contribution < -0.4 is 5.32 Å². The summed E-state index contributed by atoms with van der Waals surface area (Å²) >= 11 is 0. The molecule has 5 nitrogen and oxygen atoms in total. The highest BCUT2D eigenvalue weighted by molar-refractivity contribution is 5.83. The van der Waals surface area contributed by atoms with E-state index in [4.69, 9.17) is 0 Å². The van der Waals surface area contributed by atoms with E-state index in [0.29, 0.717) is 6.54 Å². The van der Waals surface area contributed by atoms with Gasteiger partial charge in [-0.3, -0.25) is 14.8 Å². The van der Waals surface area contributed by atoms with Gasteiger partial charge in [-0.05, 0) is 30.2 Å². The van der Waals surface area contributed by atoms with Crippen LogP contribution in [0.2, 0.25) is 0 Å². The molecule has 2 atom stereocenters. The lowest BCUT2D eigenvalue weighted by atomic mass is 9.98. The van der Waals surface area contributed by atoms with E-state index in [-0.39, 0.29) is 17.9 Å². The standard InChI is InChI=1S/C17H20N4O/c1-13(14-4-2-6-18-10-14)17(22)21-9-8-20-12-16(21)15-5-3-7-19-11-15/h2-7,10-11,13,16,20H,8-9,12H2,1H3. The van der Waals surface area contributed by atoms with Gasteiger partial charge in [-0.25, -0.2) is 0 Å². The van der Waals surface area contributed by atoms with Crippen molar-refractivity contribution in [2.75, 3.05) is 19.6 Å². The van der Waals surface area contributed by atoms with Crippen LogP contribution >= 0.6 is 0 Å². The molecule has 0 aliphatic carbocycles. The van der Waals surface area contributed by atoms with Crippen molar-refractivity contribution in [2.24, 2.45) is 0 Å². The molecule has 22 heavy (non-hydrogen) atoms. The van der Waals surface area contributed by atoms with Gasteiger partial charge in [0.15, 0.2) is 0 Å². The number of hydrogen-bond acceptors (Lipinski definition) is 4. The number of rotatable bonds is 3. The summed E-state index contributed by atoms with van der Waals surface area (Å²) in [5.41, 5.74) is 2.03. The van der Waals surface area contributed by atoms with Crippen molar-refractivity contribution in [1.29, 1.82) is 0 Å². The number of piperazine rings is 1. The number of amides is 1. The number of nitrogens with zero attached hydrogens (tertiary/aromatic N) is 3. The highest BCUT2D eigenvalue weighted by Gasteiger charge is 2.31. The van der Waals surface area contributed by atoms with Crippen LogP contribution in [-0.4, -0.2) is 40.4 Å². The molecule has 1 amide bonds. The maximum absolute atomic E-state index is 12.9. The summed E-state index contributed by atoms with van der Waals surface area (Å²) < 4.78 is 0. The van der Waals surface area contributed by atoms with Gasteiger partial charge >= 0.3 is 0 Å². The van der Waals surface area contributed by atoms with Crippen LogP contribution in [0.3, 0.4) is 0 Å². The van der Waals surface area contributed by atoms with Crippen molar-refractivity contribution in [3.8, 4) is 0 Å². The zero-order valence-electron chi connectivity index (χ0n) is 12.6.